The van der Waals surface area contributed by atoms with E-state index >= 15 is 0 Å². The maximum atomic E-state index is 9.26. The highest BCUT2D eigenvalue weighted by molar-refractivity contribution is 7.00. The summed E-state index contributed by atoms with van der Waals surface area (Å²) in [5.74, 6) is 0. The van der Waals surface area contributed by atoms with Gasteiger partial charge in [0, 0.05) is 43.7 Å². The van der Waals surface area contributed by atoms with Crippen molar-refractivity contribution in [3.8, 4) is 22.3 Å². The van der Waals surface area contributed by atoms with Crippen LogP contribution in [0.3, 0.4) is 0 Å². The molecular formula is C63H69BN2. The zero-order valence-electron chi connectivity index (χ0n) is 44.7. The Kier molecular flexibility index (Phi) is 9.27. The van der Waals surface area contributed by atoms with Gasteiger partial charge in [0.1, 0.15) is 0 Å². The topological polar surface area (TPSA) is 6.48 Å². The SMILES string of the molecule is [2H]C([2H])([2H])c1cc2c3c(c1)N(c1c(-c4ccccc4)cc(C(C)(C)C)cc1-c1ccccc1)c1cc4c(cc1B3c1ccc(C(C)(C)C)cc1N2c1cccc(C(C)(C)C)c1)C(C)(C)CCC4(C)C. The van der Waals surface area contributed by atoms with Gasteiger partial charge in [0.15, 0.2) is 0 Å². The summed E-state index contributed by atoms with van der Waals surface area (Å²) in [4.78, 5) is 4.91. The van der Waals surface area contributed by atoms with E-state index in [1.54, 1.807) is 0 Å². The number of hydrogen-bond acceptors (Lipinski definition) is 2. The van der Waals surface area contributed by atoms with Crippen LogP contribution >= 0.6 is 0 Å². The van der Waals surface area contributed by atoms with Gasteiger partial charge in [0.2, 0.25) is 0 Å². The molecule has 1 aliphatic carbocycles. The minimum absolute atomic E-state index is 0.0509. The first kappa shape index (κ1) is 40.5. The molecule has 3 heteroatoms. The molecule has 2 nitrogen and oxygen atoms in total. The Bertz CT molecular complexity index is 3100. The van der Waals surface area contributed by atoms with Crippen molar-refractivity contribution in [3.05, 3.63) is 173 Å². The molecule has 0 fully saturated rings. The Hall–Kier alpha value is -5.80. The minimum Gasteiger partial charge on any atom is -0.311 e. The lowest BCUT2D eigenvalue weighted by atomic mass is 9.33. The summed E-state index contributed by atoms with van der Waals surface area (Å²) in [6, 6.07) is 51.6. The van der Waals surface area contributed by atoms with E-state index in [9.17, 15) is 4.11 Å². The number of fused-ring (bicyclic) bond motifs is 5. The second-order valence-corrected chi connectivity index (χ2v) is 24.0. The lowest BCUT2D eigenvalue weighted by molar-refractivity contribution is 0.332. The van der Waals surface area contributed by atoms with E-state index in [2.05, 4.69) is 227 Å². The molecule has 0 amide bonds. The van der Waals surface area contributed by atoms with Gasteiger partial charge in [-0.15, -0.1) is 0 Å². The molecular weight excluding hydrogens is 796 g/mol. The average molecular weight is 868 g/mol. The Morgan fingerprint density at radius 2 is 0.985 bits per heavy atom. The van der Waals surface area contributed by atoms with E-state index in [1.807, 2.05) is 12.1 Å². The lowest BCUT2D eigenvalue weighted by Crippen LogP contribution is -2.62. The van der Waals surface area contributed by atoms with Gasteiger partial charge in [-0.3, -0.25) is 0 Å². The number of hydrogen-bond donors (Lipinski definition) is 0. The molecule has 0 spiro atoms. The van der Waals surface area contributed by atoms with E-state index in [1.165, 1.54) is 38.7 Å². The number of aryl methyl sites for hydroxylation is 1. The molecule has 2 aliphatic heterocycles. The maximum Gasteiger partial charge on any atom is 0.252 e. The third-order valence-electron chi connectivity index (χ3n) is 15.2. The second kappa shape index (κ2) is 15.1. The molecule has 0 N–H and O–H groups in total. The first-order chi connectivity index (χ1) is 32.2. The highest BCUT2D eigenvalue weighted by Gasteiger charge is 2.47. The normalized spacial score (nSPS) is 16.9. The van der Waals surface area contributed by atoms with E-state index in [-0.39, 0.29) is 33.8 Å². The Morgan fingerprint density at radius 3 is 1.53 bits per heavy atom. The number of rotatable bonds is 4. The average Bonchev–Trinajstić information content (AvgIpc) is 3.29. The fraction of sp³-hybridized carbons (Fsp3) is 0.333. The van der Waals surface area contributed by atoms with Gasteiger partial charge in [-0.05, 0) is 156 Å². The molecule has 0 atom stereocenters. The predicted octanol–water partition coefficient (Wildman–Crippen LogP) is 15.7. The molecule has 334 valence electrons. The monoisotopic (exact) mass is 868 g/mol. The van der Waals surface area contributed by atoms with Crippen LogP contribution in [0.1, 0.15) is 140 Å². The van der Waals surface area contributed by atoms with Gasteiger partial charge >= 0.3 is 0 Å². The van der Waals surface area contributed by atoms with Crippen molar-refractivity contribution >= 4 is 57.2 Å². The van der Waals surface area contributed by atoms with E-state index in [4.69, 9.17) is 0 Å². The molecule has 7 aromatic carbocycles. The summed E-state index contributed by atoms with van der Waals surface area (Å²) in [5.41, 5.74) is 20.4. The molecule has 0 unspecified atom stereocenters. The van der Waals surface area contributed by atoms with Crippen LogP contribution in [0.4, 0.5) is 34.1 Å². The van der Waals surface area contributed by atoms with Gasteiger partial charge in [-0.1, -0.05) is 181 Å². The third-order valence-corrected chi connectivity index (χ3v) is 15.2. The molecule has 0 aromatic heterocycles. The van der Waals surface area contributed by atoms with E-state index < -0.39 is 6.85 Å². The van der Waals surface area contributed by atoms with Crippen molar-refractivity contribution in [1.29, 1.82) is 0 Å². The van der Waals surface area contributed by atoms with Crippen LogP contribution in [0.2, 0.25) is 0 Å². The van der Waals surface area contributed by atoms with Crippen molar-refractivity contribution < 1.29 is 4.11 Å². The standard InChI is InChI=1S/C63H69BN2/c1-40-32-55-57-56(33-40)66(58-47(41-22-17-15-18-23-41)35-45(61(8,9)10)36-48(58)42-24-19-16-20-25-42)54-39-50-49(62(11,12)30-31-63(50,13)14)38-52(54)64(57)51-29-28-44(60(5,6)7)37-53(51)65(55)46-27-21-26-43(34-46)59(2,3)4/h15-29,32-39H,30-31H2,1-14H3/i1D3. The van der Waals surface area contributed by atoms with Crippen LogP contribution in [0.5, 0.6) is 0 Å². The maximum absolute atomic E-state index is 9.26. The van der Waals surface area contributed by atoms with Crippen molar-refractivity contribution in [2.45, 2.75) is 137 Å². The molecule has 0 saturated carbocycles. The van der Waals surface area contributed by atoms with Crippen molar-refractivity contribution in [2.75, 3.05) is 9.80 Å². The minimum atomic E-state index is -2.40. The first-order valence-corrected chi connectivity index (χ1v) is 24.3. The first-order valence-electron chi connectivity index (χ1n) is 25.8. The van der Waals surface area contributed by atoms with E-state index in [0.29, 0.717) is 5.56 Å². The predicted molar refractivity (Wildman–Crippen MR) is 287 cm³/mol. The van der Waals surface area contributed by atoms with Crippen molar-refractivity contribution in [1.82, 2.24) is 0 Å². The Balaban J connectivity index is 1.43. The summed E-state index contributed by atoms with van der Waals surface area (Å²) in [6.07, 6.45) is 2.17. The Labute approximate surface area is 401 Å². The largest absolute Gasteiger partial charge is 0.311 e. The van der Waals surface area contributed by atoms with Crippen LogP contribution in [0.25, 0.3) is 22.3 Å². The Morgan fingerprint density at radius 1 is 0.470 bits per heavy atom. The van der Waals surface area contributed by atoms with Crippen LogP contribution in [-0.2, 0) is 27.1 Å². The van der Waals surface area contributed by atoms with Crippen LogP contribution in [0.15, 0.2) is 140 Å². The lowest BCUT2D eigenvalue weighted by Gasteiger charge is -2.48. The van der Waals surface area contributed by atoms with Crippen LogP contribution in [0, 0.1) is 6.85 Å². The smallest absolute Gasteiger partial charge is 0.252 e. The van der Waals surface area contributed by atoms with Crippen molar-refractivity contribution in [2.24, 2.45) is 0 Å². The highest BCUT2D eigenvalue weighted by atomic mass is 15.2. The molecule has 0 radical (unpaired) electrons. The molecule has 0 bridgehead atoms. The summed E-state index contributed by atoms with van der Waals surface area (Å²) in [7, 11) is 0. The molecule has 7 aromatic rings. The van der Waals surface area contributed by atoms with Crippen LogP contribution in [-0.4, -0.2) is 6.71 Å². The zero-order chi connectivity index (χ0) is 49.4. The van der Waals surface area contributed by atoms with Gasteiger partial charge in [0.25, 0.3) is 6.71 Å². The van der Waals surface area contributed by atoms with Gasteiger partial charge < -0.3 is 9.80 Å². The van der Waals surface area contributed by atoms with Gasteiger partial charge in [-0.25, -0.2) is 0 Å². The fourth-order valence-electron chi connectivity index (χ4n) is 11.1. The second-order valence-electron chi connectivity index (χ2n) is 24.0. The molecule has 2 heterocycles. The zero-order valence-corrected chi connectivity index (χ0v) is 41.7. The van der Waals surface area contributed by atoms with Gasteiger partial charge in [-0.2, -0.15) is 0 Å². The molecule has 10 rings (SSSR count). The number of anilines is 6. The molecule has 66 heavy (non-hydrogen) atoms. The summed E-state index contributed by atoms with van der Waals surface area (Å²) in [6.45, 7) is 27.6. The highest BCUT2D eigenvalue weighted by Crippen LogP contribution is 2.54. The van der Waals surface area contributed by atoms with E-state index in [0.717, 1.165) is 74.7 Å². The van der Waals surface area contributed by atoms with Crippen molar-refractivity contribution in [3.63, 3.8) is 0 Å². The quantitative estimate of drug-likeness (QED) is 0.163. The summed E-state index contributed by atoms with van der Waals surface area (Å²) >= 11 is 0. The third kappa shape index (κ3) is 7.24. The van der Waals surface area contributed by atoms with Crippen LogP contribution < -0.4 is 26.2 Å². The summed E-state index contributed by atoms with van der Waals surface area (Å²) in [5, 5.41) is 0. The fourth-order valence-corrected chi connectivity index (χ4v) is 11.1. The van der Waals surface area contributed by atoms with Gasteiger partial charge in [0.05, 0.1) is 5.69 Å². The summed E-state index contributed by atoms with van der Waals surface area (Å²) < 4.78 is 27.8. The molecule has 0 saturated heterocycles. The number of benzene rings is 7. The number of nitrogens with zero attached hydrogens (tertiary/aromatic N) is 2. The molecule has 3 aliphatic rings.